The Morgan fingerprint density at radius 2 is 1.54 bits per heavy atom. The molecule has 0 aromatic heterocycles. The maximum absolute atomic E-state index is 12.4. The summed E-state index contributed by atoms with van der Waals surface area (Å²) < 4.78 is 0. The minimum atomic E-state index is -0.590. The van der Waals surface area contributed by atoms with E-state index in [0.717, 1.165) is 0 Å². The first-order chi connectivity index (χ1) is 13.6. The van der Waals surface area contributed by atoms with E-state index in [1.807, 2.05) is 36.4 Å². The minimum Gasteiger partial charge on any atom is -0.393 e. The zero-order chi connectivity index (χ0) is 19.9. The molecule has 0 aliphatic heterocycles. The lowest BCUT2D eigenvalue weighted by Gasteiger charge is -2.18. The number of benzene rings is 3. The van der Waals surface area contributed by atoms with Crippen molar-refractivity contribution in [3.05, 3.63) is 106 Å². The minimum absolute atomic E-state index is 0.0368. The van der Waals surface area contributed by atoms with Gasteiger partial charge in [0, 0.05) is 24.1 Å². The lowest BCUT2D eigenvalue weighted by molar-refractivity contribution is -0.383. The van der Waals surface area contributed by atoms with Gasteiger partial charge < -0.3 is 11.1 Å². The number of nitrogens with zero attached hydrogens (tertiary/aromatic N) is 1. The van der Waals surface area contributed by atoms with Gasteiger partial charge >= 0.3 is 0 Å². The number of rotatable bonds is 7. The molecule has 3 aromatic rings. The van der Waals surface area contributed by atoms with E-state index >= 15 is 0 Å². The van der Waals surface area contributed by atoms with Crippen LogP contribution in [0.3, 0.4) is 0 Å². The fraction of sp³-hybridized carbons (Fsp3) is 0.136. The Hall–Kier alpha value is -3.67. The number of nitrogens with one attached hydrogen (secondary N) is 1. The Bertz CT molecular complexity index is 920. The third-order valence-corrected chi connectivity index (χ3v) is 4.61. The molecule has 0 aliphatic rings. The smallest absolute Gasteiger partial charge is 0.292 e. The zero-order valence-corrected chi connectivity index (χ0v) is 15.2. The van der Waals surface area contributed by atoms with E-state index in [2.05, 4.69) is 29.6 Å². The van der Waals surface area contributed by atoms with Crippen LogP contribution in [0.1, 0.15) is 33.8 Å². The number of nitro benzene ring substituents is 1. The summed E-state index contributed by atoms with van der Waals surface area (Å²) in [5.41, 5.74) is 7.92. The maximum Gasteiger partial charge on any atom is 0.292 e. The van der Waals surface area contributed by atoms with Gasteiger partial charge in [-0.05, 0) is 29.7 Å². The van der Waals surface area contributed by atoms with Gasteiger partial charge in [0.2, 0.25) is 0 Å². The van der Waals surface area contributed by atoms with Crippen molar-refractivity contribution in [2.75, 3.05) is 12.3 Å². The van der Waals surface area contributed by atoms with Crippen molar-refractivity contribution in [1.29, 1.82) is 0 Å². The van der Waals surface area contributed by atoms with Crippen molar-refractivity contribution < 1.29 is 9.72 Å². The molecule has 0 atom stereocenters. The molecular formula is C22H21N3O3. The molecule has 0 radical (unpaired) electrons. The Labute approximate surface area is 163 Å². The number of carbonyl (C=O) groups is 1. The zero-order valence-electron chi connectivity index (χ0n) is 15.2. The van der Waals surface area contributed by atoms with E-state index < -0.39 is 4.92 Å². The molecule has 0 bridgehead atoms. The molecule has 6 heteroatoms. The summed E-state index contributed by atoms with van der Waals surface area (Å²) in [4.78, 5) is 22.8. The van der Waals surface area contributed by atoms with Gasteiger partial charge in [-0.25, -0.2) is 0 Å². The number of nitrogen functional groups attached to an aromatic ring is 1. The van der Waals surface area contributed by atoms with Crippen LogP contribution in [0.2, 0.25) is 0 Å². The van der Waals surface area contributed by atoms with Crippen molar-refractivity contribution in [1.82, 2.24) is 5.32 Å². The molecule has 1 amide bonds. The normalized spacial score (nSPS) is 10.6. The summed E-state index contributed by atoms with van der Waals surface area (Å²) in [6.45, 7) is 0.436. The van der Waals surface area contributed by atoms with Crippen LogP contribution >= 0.6 is 0 Å². The number of nitro groups is 1. The second-order valence-electron chi connectivity index (χ2n) is 6.45. The van der Waals surface area contributed by atoms with Gasteiger partial charge in [0.15, 0.2) is 0 Å². The molecule has 142 valence electrons. The molecule has 3 aromatic carbocycles. The molecule has 6 nitrogen and oxygen atoms in total. The highest BCUT2D eigenvalue weighted by Gasteiger charge is 2.17. The molecule has 0 aliphatic carbocycles. The van der Waals surface area contributed by atoms with Crippen LogP contribution in [0.4, 0.5) is 11.4 Å². The van der Waals surface area contributed by atoms with Crippen LogP contribution in [0, 0.1) is 10.1 Å². The fourth-order valence-electron chi connectivity index (χ4n) is 3.17. The summed E-state index contributed by atoms with van der Waals surface area (Å²) >= 11 is 0. The van der Waals surface area contributed by atoms with Gasteiger partial charge in [0.1, 0.15) is 5.69 Å². The van der Waals surface area contributed by atoms with Crippen molar-refractivity contribution in [2.24, 2.45) is 0 Å². The van der Waals surface area contributed by atoms with Crippen LogP contribution in [0.15, 0.2) is 78.9 Å². The summed E-state index contributed by atoms with van der Waals surface area (Å²) in [6.07, 6.45) is 0.705. The SMILES string of the molecule is Nc1ccc(C(=O)NCCC(c2ccccc2)c2ccccc2)cc1[N+](=O)[O-]. The quantitative estimate of drug-likeness (QED) is 0.368. The van der Waals surface area contributed by atoms with Crippen LogP contribution in [-0.2, 0) is 0 Å². The lowest BCUT2D eigenvalue weighted by Crippen LogP contribution is -2.26. The molecule has 0 fully saturated rings. The van der Waals surface area contributed by atoms with Gasteiger partial charge in [-0.1, -0.05) is 60.7 Å². The number of nitrogens with two attached hydrogens (primary N) is 1. The van der Waals surface area contributed by atoms with Gasteiger partial charge in [-0.3, -0.25) is 14.9 Å². The Kier molecular flexibility index (Phi) is 6.01. The number of hydrogen-bond donors (Lipinski definition) is 2. The Morgan fingerprint density at radius 3 is 2.07 bits per heavy atom. The Balaban J connectivity index is 1.70. The second-order valence-corrected chi connectivity index (χ2v) is 6.45. The highest BCUT2D eigenvalue weighted by Crippen LogP contribution is 2.27. The van der Waals surface area contributed by atoms with Gasteiger partial charge in [-0.2, -0.15) is 0 Å². The highest BCUT2D eigenvalue weighted by atomic mass is 16.6. The van der Waals surface area contributed by atoms with E-state index in [9.17, 15) is 14.9 Å². The van der Waals surface area contributed by atoms with Gasteiger partial charge in [0.25, 0.3) is 11.6 Å². The molecule has 0 saturated carbocycles. The fourth-order valence-corrected chi connectivity index (χ4v) is 3.17. The van der Waals surface area contributed by atoms with E-state index in [4.69, 9.17) is 5.73 Å². The molecule has 3 rings (SSSR count). The molecule has 0 saturated heterocycles. The number of amides is 1. The van der Waals surface area contributed by atoms with Crippen molar-refractivity contribution >= 4 is 17.3 Å². The average Bonchev–Trinajstić information content (AvgIpc) is 2.72. The van der Waals surface area contributed by atoms with Gasteiger partial charge in [0.05, 0.1) is 4.92 Å². The standard InChI is InChI=1S/C22H21N3O3/c23-20-12-11-18(15-21(20)25(27)28)22(26)24-14-13-19(16-7-3-1-4-8-16)17-9-5-2-6-10-17/h1-12,15,19H,13-14,23H2,(H,24,26). The molecule has 0 spiro atoms. The molecule has 0 heterocycles. The first kappa shape index (κ1) is 19.1. The predicted molar refractivity (Wildman–Crippen MR) is 109 cm³/mol. The number of hydrogen-bond acceptors (Lipinski definition) is 4. The van der Waals surface area contributed by atoms with E-state index in [0.29, 0.717) is 13.0 Å². The molecular weight excluding hydrogens is 354 g/mol. The first-order valence-electron chi connectivity index (χ1n) is 8.98. The molecule has 28 heavy (non-hydrogen) atoms. The lowest BCUT2D eigenvalue weighted by atomic mass is 9.88. The number of carbonyl (C=O) groups excluding carboxylic acids is 1. The van der Waals surface area contributed by atoms with E-state index in [1.54, 1.807) is 0 Å². The van der Waals surface area contributed by atoms with E-state index in [-0.39, 0.29) is 28.8 Å². The number of anilines is 1. The predicted octanol–water partition coefficient (Wildman–Crippen LogP) is 4.13. The van der Waals surface area contributed by atoms with Crippen LogP contribution < -0.4 is 11.1 Å². The third kappa shape index (κ3) is 4.54. The monoisotopic (exact) mass is 375 g/mol. The third-order valence-electron chi connectivity index (χ3n) is 4.61. The topological polar surface area (TPSA) is 98.3 Å². The Morgan fingerprint density at radius 1 is 0.964 bits per heavy atom. The molecule has 3 N–H and O–H groups in total. The maximum atomic E-state index is 12.4. The average molecular weight is 375 g/mol. The second kappa shape index (κ2) is 8.81. The molecule has 0 unspecified atom stereocenters. The van der Waals surface area contributed by atoms with Crippen molar-refractivity contribution in [3.8, 4) is 0 Å². The summed E-state index contributed by atoms with van der Waals surface area (Å²) in [7, 11) is 0. The first-order valence-corrected chi connectivity index (χ1v) is 8.98. The van der Waals surface area contributed by atoms with Crippen LogP contribution in [0.5, 0.6) is 0 Å². The van der Waals surface area contributed by atoms with E-state index in [1.165, 1.54) is 29.3 Å². The van der Waals surface area contributed by atoms with Crippen molar-refractivity contribution in [2.45, 2.75) is 12.3 Å². The van der Waals surface area contributed by atoms with Crippen LogP contribution in [0.25, 0.3) is 0 Å². The van der Waals surface area contributed by atoms with Gasteiger partial charge in [-0.15, -0.1) is 0 Å². The van der Waals surface area contributed by atoms with Crippen molar-refractivity contribution in [3.63, 3.8) is 0 Å². The highest BCUT2D eigenvalue weighted by molar-refractivity contribution is 5.95. The van der Waals surface area contributed by atoms with Crippen LogP contribution in [-0.4, -0.2) is 17.4 Å². The summed E-state index contributed by atoms with van der Waals surface area (Å²) in [6, 6.07) is 24.3. The largest absolute Gasteiger partial charge is 0.393 e. The summed E-state index contributed by atoms with van der Waals surface area (Å²) in [5.74, 6) is -0.216. The summed E-state index contributed by atoms with van der Waals surface area (Å²) in [5, 5.41) is 13.9.